The number of alkyl halides is 2. The Hall–Kier alpha value is -2.56. The average molecular weight is 674 g/mol. The van der Waals surface area contributed by atoms with Gasteiger partial charge in [-0.2, -0.15) is 0 Å². The summed E-state index contributed by atoms with van der Waals surface area (Å²) in [6, 6.07) is 8.66. The zero-order valence-electron chi connectivity index (χ0n) is 26.3. The summed E-state index contributed by atoms with van der Waals surface area (Å²) in [6.07, 6.45) is 4.38. The molecule has 1 saturated heterocycles. The summed E-state index contributed by atoms with van der Waals surface area (Å²) in [5, 5.41) is 1.000. The molecule has 1 atom stereocenters. The Morgan fingerprint density at radius 1 is 1.14 bits per heavy atom. The van der Waals surface area contributed by atoms with Gasteiger partial charge in [0.2, 0.25) is 0 Å². The van der Waals surface area contributed by atoms with Gasteiger partial charge in [0.15, 0.2) is 0 Å². The number of hydrogen-bond acceptors (Lipinski definition) is 6. The third kappa shape index (κ3) is 6.40. The fourth-order valence-corrected chi connectivity index (χ4v) is 7.25. The minimum atomic E-state index is -2.69. The Morgan fingerprint density at radius 2 is 1.84 bits per heavy atom. The van der Waals surface area contributed by atoms with E-state index >= 15 is 0 Å². The van der Waals surface area contributed by atoms with E-state index in [1.807, 2.05) is 25.3 Å². The number of carbonyl (C=O) groups excluding carboxylic acids is 1. The molecule has 0 amide bonds. The van der Waals surface area contributed by atoms with Crippen molar-refractivity contribution in [1.82, 2.24) is 14.5 Å². The number of nitrogens with zero attached hydrogens (tertiary/aromatic N) is 4. The second-order valence-corrected chi connectivity index (χ2v) is 14.6. The van der Waals surface area contributed by atoms with Gasteiger partial charge in [-0.15, -0.1) is 0 Å². The molecule has 44 heavy (non-hydrogen) atoms. The normalized spacial score (nSPS) is 20.1. The lowest BCUT2D eigenvalue weighted by Gasteiger charge is -2.38. The zero-order valence-corrected chi connectivity index (χ0v) is 27.9. The number of anilines is 1. The Balaban J connectivity index is 1.53. The van der Waals surface area contributed by atoms with Crippen molar-refractivity contribution < 1.29 is 23.0 Å². The van der Waals surface area contributed by atoms with Gasteiger partial charge in [-0.1, -0.05) is 29.8 Å². The number of pyridine rings is 1. The third-order valence-corrected chi connectivity index (χ3v) is 9.96. The minimum Gasteiger partial charge on any atom is -0.465 e. The molecule has 2 aliphatic carbocycles. The van der Waals surface area contributed by atoms with Crippen molar-refractivity contribution in [2.24, 2.45) is 5.41 Å². The summed E-state index contributed by atoms with van der Waals surface area (Å²) in [4.78, 5) is 21.7. The lowest BCUT2D eigenvalue weighted by atomic mass is 9.83. The molecule has 1 aromatic carbocycles. The van der Waals surface area contributed by atoms with Gasteiger partial charge >= 0.3 is 5.97 Å². The smallest absolute Gasteiger partial charge is 0.302 e. The van der Waals surface area contributed by atoms with Crippen LogP contribution in [0.15, 0.2) is 34.9 Å². The van der Waals surface area contributed by atoms with Gasteiger partial charge in [0.25, 0.3) is 5.92 Å². The van der Waals surface area contributed by atoms with Crippen LogP contribution in [0.2, 0.25) is 0 Å². The van der Waals surface area contributed by atoms with Gasteiger partial charge in [0.1, 0.15) is 0 Å². The number of benzene rings is 1. The summed E-state index contributed by atoms with van der Waals surface area (Å²) < 4.78 is 43.3. The predicted octanol–water partition coefficient (Wildman–Crippen LogP) is 7.56. The predicted molar refractivity (Wildman–Crippen MR) is 172 cm³/mol. The number of esters is 1. The molecule has 3 aromatic rings. The molecule has 0 unspecified atom stereocenters. The lowest BCUT2D eigenvalue weighted by Crippen LogP contribution is -2.47. The van der Waals surface area contributed by atoms with Crippen molar-refractivity contribution in [3.8, 4) is 11.3 Å². The maximum Gasteiger partial charge on any atom is 0.302 e. The van der Waals surface area contributed by atoms with Crippen molar-refractivity contribution in [3.05, 3.63) is 46.2 Å². The quantitative estimate of drug-likeness (QED) is 0.207. The van der Waals surface area contributed by atoms with Crippen LogP contribution in [0.1, 0.15) is 76.8 Å². The summed E-state index contributed by atoms with van der Waals surface area (Å²) in [5.74, 6) is -3.01. The van der Waals surface area contributed by atoms with Crippen molar-refractivity contribution in [1.29, 1.82) is 0 Å². The third-order valence-electron chi connectivity index (χ3n) is 9.47. The van der Waals surface area contributed by atoms with Gasteiger partial charge in [0, 0.05) is 91.5 Å². The van der Waals surface area contributed by atoms with Crippen LogP contribution in [-0.4, -0.2) is 72.3 Å². The van der Waals surface area contributed by atoms with Crippen LogP contribution in [0.3, 0.4) is 0 Å². The number of halogens is 3. The summed E-state index contributed by atoms with van der Waals surface area (Å²) >= 11 is 3.66. The highest BCUT2D eigenvalue weighted by atomic mass is 79.9. The van der Waals surface area contributed by atoms with Crippen LogP contribution in [-0.2, 0) is 20.7 Å². The Kier molecular flexibility index (Phi) is 8.56. The molecule has 3 fully saturated rings. The zero-order chi connectivity index (χ0) is 31.4. The summed E-state index contributed by atoms with van der Waals surface area (Å²) in [5.41, 5.74) is 5.16. The largest absolute Gasteiger partial charge is 0.465 e. The highest BCUT2D eigenvalue weighted by Crippen LogP contribution is 2.51. The van der Waals surface area contributed by atoms with Crippen molar-refractivity contribution in [2.75, 3.05) is 44.8 Å². The van der Waals surface area contributed by atoms with E-state index in [4.69, 9.17) is 14.5 Å². The number of piperazine rings is 1. The molecule has 1 aliphatic heterocycles. The number of hydrogen-bond donors (Lipinski definition) is 0. The number of rotatable bonds is 10. The fourth-order valence-electron chi connectivity index (χ4n) is 6.89. The van der Waals surface area contributed by atoms with Crippen LogP contribution >= 0.6 is 15.9 Å². The Labute approximate surface area is 267 Å². The van der Waals surface area contributed by atoms with E-state index < -0.39 is 11.3 Å². The van der Waals surface area contributed by atoms with E-state index in [-0.39, 0.29) is 37.6 Å². The Bertz CT molecular complexity index is 1540. The van der Waals surface area contributed by atoms with Gasteiger partial charge in [-0.05, 0) is 56.0 Å². The molecule has 0 radical (unpaired) electrons. The topological polar surface area (TPSA) is 59.8 Å². The van der Waals surface area contributed by atoms with E-state index in [2.05, 4.69) is 56.3 Å². The standard InChI is InChI=1S/C34H43BrF2N4O3/c1-21(43-5)31-28(15-25(19-38-31)40-12-10-39(11-13-40)24-7-8-24)32-29(18-33(3,4)20-44-22(2)42)27-14-23(35)6-9-30(27)41(32)26-16-34(36,37)17-26/h6,9,14-15,19,21,24,26H,7-8,10-13,16-18,20H2,1-5H3/t21-/m0/s1. The van der Waals surface area contributed by atoms with E-state index in [9.17, 15) is 13.6 Å². The number of carbonyl (C=O) groups is 1. The molecule has 0 spiro atoms. The molecular weight excluding hydrogens is 630 g/mol. The van der Waals surface area contributed by atoms with Crippen molar-refractivity contribution in [2.45, 2.75) is 83.9 Å². The number of fused-ring (bicyclic) bond motifs is 1. The molecule has 238 valence electrons. The van der Waals surface area contributed by atoms with E-state index in [0.29, 0.717) is 6.42 Å². The van der Waals surface area contributed by atoms with Crippen molar-refractivity contribution >= 4 is 38.5 Å². The second kappa shape index (κ2) is 12.0. The van der Waals surface area contributed by atoms with Crippen LogP contribution in [0, 0.1) is 5.41 Å². The van der Waals surface area contributed by atoms with Crippen molar-refractivity contribution in [3.63, 3.8) is 0 Å². The molecule has 3 aliphatic rings. The molecule has 7 nitrogen and oxygen atoms in total. The lowest BCUT2D eigenvalue weighted by molar-refractivity contribution is -0.143. The van der Waals surface area contributed by atoms with E-state index in [1.165, 1.54) is 19.8 Å². The van der Waals surface area contributed by atoms with Gasteiger partial charge in [-0.3, -0.25) is 14.7 Å². The highest BCUT2D eigenvalue weighted by molar-refractivity contribution is 9.10. The van der Waals surface area contributed by atoms with E-state index in [1.54, 1.807) is 7.11 Å². The monoisotopic (exact) mass is 672 g/mol. The number of methoxy groups -OCH3 is 1. The molecule has 2 saturated carbocycles. The number of aromatic nitrogens is 2. The van der Waals surface area contributed by atoms with Gasteiger partial charge < -0.3 is 18.9 Å². The molecule has 2 aromatic heterocycles. The highest BCUT2D eigenvalue weighted by Gasteiger charge is 2.48. The van der Waals surface area contributed by atoms with Crippen LogP contribution < -0.4 is 4.90 Å². The SMILES string of the molecule is CO[C@@H](C)c1ncc(N2CCN(C3CC3)CC2)cc1-c1c(CC(C)(C)COC(C)=O)c2cc(Br)ccc2n1C1CC(F)(F)C1. The Morgan fingerprint density at radius 3 is 2.45 bits per heavy atom. The average Bonchev–Trinajstić information content (AvgIpc) is 3.78. The first-order chi connectivity index (χ1) is 20.9. The molecule has 3 heterocycles. The molecular formula is C34H43BrF2N4O3. The minimum absolute atomic E-state index is 0.207. The molecule has 0 bridgehead atoms. The maximum atomic E-state index is 14.5. The fraction of sp³-hybridized carbons (Fsp3) is 0.588. The van der Waals surface area contributed by atoms with Gasteiger partial charge in [-0.25, -0.2) is 8.78 Å². The first-order valence-electron chi connectivity index (χ1n) is 15.7. The summed E-state index contributed by atoms with van der Waals surface area (Å²) in [6.45, 7) is 11.7. The van der Waals surface area contributed by atoms with Crippen LogP contribution in [0.4, 0.5) is 14.5 Å². The molecule has 0 N–H and O–H groups in total. The van der Waals surface area contributed by atoms with E-state index in [0.717, 1.165) is 75.8 Å². The summed E-state index contributed by atoms with van der Waals surface area (Å²) in [7, 11) is 1.67. The molecule has 6 rings (SSSR count). The maximum absolute atomic E-state index is 14.5. The first kappa shape index (κ1) is 31.4. The van der Waals surface area contributed by atoms with Crippen LogP contribution in [0.5, 0.6) is 0 Å². The van der Waals surface area contributed by atoms with Gasteiger partial charge in [0.05, 0.1) is 36.0 Å². The van der Waals surface area contributed by atoms with Crippen LogP contribution in [0.25, 0.3) is 22.2 Å². The second-order valence-electron chi connectivity index (χ2n) is 13.7. The number of ether oxygens (including phenoxy) is 2. The first-order valence-corrected chi connectivity index (χ1v) is 16.5. The molecule has 10 heteroatoms.